The molecule has 2 aromatic rings. The first-order valence-electron chi connectivity index (χ1n) is 9.81. The van der Waals surface area contributed by atoms with Gasteiger partial charge in [0.05, 0.1) is 9.79 Å². The van der Waals surface area contributed by atoms with Crippen LogP contribution < -0.4 is 5.32 Å². The quantitative estimate of drug-likeness (QED) is 0.643. The van der Waals surface area contributed by atoms with Gasteiger partial charge in [0.2, 0.25) is 20.0 Å². The number of hydrogen-bond donors (Lipinski definition) is 1. The molecule has 8 nitrogen and oxygen atoms in total. The second-order valence-corrected chi connectivity index (χ2v) is 11.4. The highest BCUT2D eigenvalue weighted by Gasteiger charge is 2.23. The number of carbonyl (C=O) groups excluding carboxylic acids is 1. The van der Waals surface area contributed by atoms with Crippen molar-refractivity contribution in [3.05, 3.63) is 53.1 Å². The van der Waals surface area contributed by atoms with Crippen LogP contribution in [0.25, 0.3) is 0 Å². The predicted octanol–water partition coefficient (Wildman–Crippen LogP) is 2.84. The Bertz CT molecular complexity index is 1190. The lowest BCUT2D eigenvalue weighted by Gasteiger charge is -2.19. The molecule has 170 valence electrons. The molecule has 1 N–H and O–H groups in total. The number of nitrogens with one attached hydrogen (secondary N) is 1. The first-order chi connectivity index (χ1) is 14.4. The normalized spacial score (nSPS) is 12.4. The number of anilines is 1. The van der Waals surface area contributed by atoms with E-state index in [0.29, 0.717) is 24.3 Å². The summed E-state index contributed by atoms with van der Waals surface area (Å²) in [5.41, 5.74) is 1.93. The second kappa shape index (κ2) is 9.47. The maximum Gasteiger partial charge on any atom is 0.255 e. The molecule has 1 amide bonds. The summed E-state index contributed by atoms with van der Waals surface area (Å²) in [6, 6.07) is 8.76. The molecule has 0 fully saturated rings. The lowest BCUT2D eigenvalue weighted by molar-refractivity contribution is 0.102. The van der Waals surface area contributed by atoms with Gasteiger partial charge in [0, 0.05) is 38.4 Å². The summed E-state index contributed by atoms with van der Waals surface area (Å²) in [7, 11) is -4.53. The van der Waals surface area contributed by atoms with Crippen LogP contribution in [0.3, 0.4) is 0 Å². The Labute approximate surface area is 185 Å². The van der Waals surface area contributed by atoms with E-state index in [1.807, 2.05) is 0 Å². The van der Waals surface area contributed by atoms with Gasteiger partial charge in [-0.15, -0.1) is 0 Å². The van der Waals surface area contributed by atoms with Gasteiger partial charge in [-0.3, -0.25) is 4.79 Å². The van der Waals surface area contributed by atoms with Crippen LogP contribution in [-0.2, 0) is 20.0 Å². The van der Waals surface area contributed by atoms with Crippen LogP contribution in [-0.4, -0.2) is 58.5 Å². The van der Waals surface area contributed by atoms with Gasteiger partial charge < -0.3 is 5.32 Å². The van der Waals surface area contributed by atoms with Crippen molar-refractivity contribution < 1.29 is 21.6 Å². The Morgan fingerprint density at radius 3 is 2.06 bits per heavy atom. The van der Waals surface area contributed by atoms with E-state index in [9.17, 15) is 21.6 Å². The van der Waals surface area contributed by atoms with Gasteiger partial charge >= 0.3 is 0 Å². The third kappa shape index (κ3) is 5.15. The zero-order chi connectivity index (χ0) is 23.6. The van der Waals surface area contributed by atoms with E-state index in [0.717, 1.165) is 9.87 Å². The van der Waals surface area contributed by atoms with Crippen LogP contribution in [0, 0.1) is 13.8 Å². The fourth-order valence-electron chi connectivity index (χ4n) is 3.02. The van der Waals surface area contributed by atoms with Crippen molar-refractivity contribution in [3.63, 3.8) is 0 Å². The Balaban J connectivity index is 2.44. The molecule has 0 atom stereocenters. The molecule has 0 aliphatic carbocycles. The molecule has 2 rings (SSSR count). The highest BCUT2D eigenvalue weighted by atomic mass is 32.2. The molecular weight excluding hydrogens is 438 g/mol. The van der Waals surface area contributed by atoms with Gasteiger partial charge in [-0.2, -0.15) is 4.31 Å². The van der Waals surface area contributed by atoms with Gasteiger partial charge in [0.1, 0.15) is 0 Å². The molecule has 0 aromatic heterocycles. The van der Waals surface area contributed by atoms with Gasteiger partial charge in [-0.25, -0.2) is 21.1 Å². The first kappa shape index (κ1) is 25.0. The molecule has 0 heterocycles. The molecule has 0 saturated heterocycles. The van der Waals surface area contributed by atoms with Crippen molar-refractivity contribution in [1.82, 2.24) is 8.61 Å². The largest absolute Gasteiger partial charge is 0.322 e. The van der Waals surface area contributed by atoms with Crippen LogP contribution in [0.1, 0.15) is 35.3 Å². The summed E-state index contributed by atoms with van der Waals surface area (Å²) in [5, 5.41) is 2.72. The summed E-state index contributed by atoms with van der Waals surface area (Å²) in [5.74, 6) is -0.529. The van der Waals surface area contributed by atoms with Crippen molar-refractivity contribution in [3.8, 4) is 0 Å². The Hall–Kier alpha value is -2.27. The molecule has 10 heteroatoms. The minimum Gasteiger partial charge on any atom is -0.322 e. The van der Waals surface area contributed by atoms with Gasteiger partial charge in [-0.05, 0) is 55.3 Å². The molecule has 0 spiro atoms. The number of nitrogens with zero attached hydrogens (tertiary/aromatic N) is 2. The summed E-state index contributed by atoms with van der Waals surface area (Å²) in [6.07, 6.45) is 0. The van der Waals surface area contributed by atoms with Crippen LogP contribution in [0.15, 0.2) is 46.2 Å². The molecule has 0 aliphatic heterocycles. The van der Waals surface area contributed by atoms with E-state index in [2.05, 4.69) is 5.32 Å². The number of amides is 1. The molecule has 0 bridgehead atoms. The van der Waals surface area contributed by atoms with Crippen LogP contribution >= 0.6 is 0 Å². The molecule has 0 saturated carbocycles. The van der Waals surface area contributed by atoms with E-state index in [4.69, 9.17) is 0 Å². The Kier molecular flexibility index (Phi) is 7.64. The zero-order valence-corrected chi connectivity index (χ0v) is 20.3. The molecular formula is C21H29N3O5S2. The standard InChI is InChI=1S/C21H29N3O5S2/c1-7-24(8-2)31(28,29)18-11-9-10-17(13-18)21(25)22-20-14-19(12-15(3)16(20)4)30(26,27)23(5)6/h9-14H,7-8H2,1-6H3,(H,22,25). The van der Waals surface area contributed by atoms with E-state index in [-0.39, 0.29) is 15.4 Å². The van der Waals surface area contributed by atoms with Crippen molar-refractivity contribution in [2.24, 2.45) is 0 Å². The summed E-state index contributed by atoms with van der Waals surface area (Å²) < 4.78 is 53.0. The van der Waals surface area contributed by atoms with E-state index < -0.39 is 26.0 Å². The van der Waals surface area contributed by atoms with Crippen LogP contribution in [0.4, 0.5) is 5.69 Å². The molecule has 0 radical (unpaired) electrons. The second-order valence-electron chi connectivity index (χ2n) is 7.27. The van der Waals surface area contributed by atoms with Crippen LogP contribution in [0.5, 0.6) is 0 Å². The third-order valence-electron chi connectivity index (χ3n) is 5.11. The number of rotatable bonds is 8. The van der Waals surface area contributed by atoms with E-state index in [1.165, 1.54) is 48.7 Å². The van der Waals surface area contributed by atoms with Crippen molar-refractivity contribution in [2.45, 2.75) is 37.5 Å². The van der Waals surface area contributed by atoms with Gasteiger partial charge in [0.15, 0.2) is 0 Å². The molecule has 31 heavy (non-hydrogen) atoms. The zero-order valence-electron chi connectivity index (χ0n) is 18.6. The predicted molar refractivity (Wildman–Crippen MR) is 121 cm³/mol. The summed E-state index contributed by atoms with van der Waals surface area (Å²) >= 11 is 0. The number of aryl methyl sites for hydroxylation is 1. The lowest BCUT2D eigenvalue weighted by atomic mass is 10.1. The van der Waals surface area contributed by atoms with Crippen molar-refractivity contribution in [1.29, 1.82) is 0 Å². The highest BCUT2D eigenvalue weighted by molar-refractivity contribution is 7.89. The van der Waals surface area contributed by atoms with Crippen molar-refractivity contribution in [2.75, 3.05) is 32.5 Å². The smallest absolute Gasteiger partial charge is 0.255 e. The minimum atomic E-state index is -3.71. The monoisotopic (exact) mass is 467 g/mol. The summed E-state index contributed by atoms with van der Waals surface area (Å²) in [6.45, 7) is 7.67. The molecule has 2 aromatic carbocycles. The lowest BCUT2D eigenvalue weighted by Crippen LogP contribution is -2.30. The fraction of sp³-hybridized carbons (Fsp3) is 0.381. The van der Waals surface area contributed by atoms with Gasteiger partial charge in [0.25, 0.3) is 5.91 Å². The number of benzene rings is 2. The van der Waals surface area contributed by atoms with Gasteiger partial charge in [-0.1, -0.05) is 19.9 Å². The highest BCUT2D eigenvalue weighted by Crippen LogP contribution is 2.26. The average molecular weight is 468 g/mol. The van der Waals surface area contributed by atoms with E-state index >= 15 is 0 Å². The SMILES string of the molecule is CCN(CC)S(=O)(=O)c1cccc(C(=O)Nc2cc(S(=O)(=O)N(C)C)cc(C)c2C)c1. The average Bonchev–Trinajstić information content (AvgIpc) is 2.71. The fourth-order valence-corrected chi connectivity index (χ4v) is 5.54. The Morgan fingerprint density at radius 1 is 0.903 bits per heavy atom. The molecule has 0 unspecified atom stereocenters. The topological polar surface area (TPSA) is 104 Å². The minimum absolute atomic E-state index is 0.0284. The van der Waals surface area contributed by atoms with Crippen molar-refractivity contribution >= 4 is 31.6 Å². The van der Waals surface area contributed by atoms with E-state index in [1.54, 1.807) is 33.8 Å². The Morgan fingerprint density at radius 2 is 1.52 bits per heavy atom. The van der Waals surface area contributed by atoms with Crippen LogP contribution in [0.2, 0.25) is 0 Å². The maximum absolute atomic E-state index is 12.9. The first-order valence-corrected chi connectivity index (χ1v) is 12.7. The number of carbonyl (C=O) groups is 1. The number of sulfonamides is 2. The molecule has 0 aliphatic rings. The summed E-state index contributed by atoms with van der Waals surface area (Å²) in [4.78, 5) is 13.0. The third-order valence-corrected chi connectivity index (χ3v) is 8.95. The number of hydrogen-bond acceptors (Lipinski definition) is 5. The maximum atomic E-state index is 12.9.